The van der Waals surface area contributed by atoms with Crippen LogP contribution in [0.5, 0.6) is 0 Å². The largest absolute Gasteiger partial charge is 0.398 e. The van der Waals surface area contributed by atoms with Crippen molar-refractivity contribution in [3.8, 4) is 11.4 Å². The molecule has 0 spiro atoms. The number of nitrogen functional groups attached to an aromatic ring is 1. The topological polar surface area (TPSA) is 56.7 Å². The van der Waals surface area contributed by atoms with E-state index in [0.717, 1.165) is 27.4 Å². The second-order valence-electron chi connectivity index (χ2n) is 4.42. The maximum atomic E-state index is 6.01. The van der Waals surface area contributed by atoms with Crippen LogP contribution in [0.2, 0.25) is 0 Å². The number of hydrogen-bond donors (Lipinski definition) is 1. The maximum absolute atomic E-state index is 6.01. The van der Waals surface area contributed by atoms with Crippen molar-refractivity contribution in [3.05, 3.63) is 28.5 Å². The van der Waals surface area contributed by atoms with E-state index in [1.54, 1.807) is 0 Å². The van der Waals surface area contributed by atoms with E-state index in [0.29, 0.717) is 5.92 Å². The first-order valence-electron chi connectivity index (χ1n) is 5.61. The lowest BCUT2D eigenvalue weighted by Gasteiger charge is -2.04. The fourth-order valence-electron chi connectivity index (χ4n) is 1.89. The van der Waals surface area contributed by atoms with E-state index < -0.39 is 0 Å². The van der Waals surface area contributed by atoms with Gasteiger partial charge in [-0.1, -0.05) is 15.9 Å². The Hall–Kier alpha value is -1.36. The summed E-state index contributed by atoms with van der Waals surface area (Å²) >= 11 is 3.40. The first-order valence-corrected chi connectivity index (χ1v) is 6.41. The van der Waals surface area contributed by atoms with Gasteiger partial charge >= 0.3 is 0 Å². The average Bonchev–Trinajstić information content (AvgIpc) is 3.04. The summed E-state index contributed by atoms with van der Waals surface area (Å²) in [6.07, 6.45) is 2.42. The molecule has 0 unspecified atom stereocenters. The van der Waals surface area contributed by atoms with Crippen LogP contribution < -0.4 is 5.73 Å². The second kappa shape index (κ2) is 3.84. The zero-order chi connectivity index (χ0) is 12.0. The van der Waals surface area contributed by atoms with Crippen molar-refractivity contribution < 1.29 is 0 Å². The molecule has 2 aromatic rings. The smallest absolute Gasteiger partial charge is 0.160 e. The van der Waals surface area contributed by atoms with Gasteiger partial charge < -0.3 is 5.73 Å². The Bertz CT molecular complexity index is 572. The Kier molecular flexibility index (Phi) is 2.43. The first kappa shape index (κ1) is 10.8. The number of aromatic nitrogens is 3. The van der Waals surface area contributed by atoms with Gasteiger partial charge in [0.25, 0.3) is 0 Å². The van der Waals surface area contributed by atoms with E-state index in [4.69, 9.17) is 5.73 Å². The Morgan fingerprint density at radius 3 is 2.82 bits per heavy atom. The highest BCUT2D eigenvalue weighted by Crippen LogP contribution is 2.39. The Morgan fingerprint density at radius 1 is 1.41 bits per heavy atom. The van der Waals surface area contributed by atoms with Crippen LogP contribution in [0.1, 0.15) is 24.6 Å². The highest BCUT2D eigenvalue weighted by atomic mass is 79.9. The molecular weight excluding hydrogens is 280 g/mol. The average molecular weight is 293 g/mol. The van der Waals surface area contributed by atoms with Crippen LogP contribution in [0, 0.1) is 0 Å². The molecular formula is C12H13BrN4. The van der Waals surface area contributed by atoms with E-state index in [1.807, 2.05) is 29.9 Å². The van der Waals surface area contributed by atoms with Crippen LogP contribution >= 0.6 is 15.9 Å². The summed E-state index contributed by atoms with van der Waals surface area (Å²) in [7, 11) is 1.91. The molecule has 1 aromatic heterocycles. The van der Waals surface area contributed by atoms with Crippen molar-refractivity contribution in [1.29, 1.82) is 0 Å². The van der Waals surface area contributed by atoms with E-state index in [9.17, 15) is 0 Å². The van der Waals surface area contributed by atoms with Crippen molar-refractivity contribution in [3.63, 3.8) is 0 Å². The van der Waals surface area contributed by atoms with Gasteiger partial charge in [-0.15, -0.1) is 0 Å². The summed E-state index contributed by atoms with van der Waals surface area (Å²) < 4.78 is 2.79. The van der Waals surface area contributed by atoms with Gasteiger partial charge in [0, 0.05) is 28.7 Å². The summed E-state index contributed by atoms with van der Waals surface area (Å²) in [5.41, 5.74) is 7.67. The van der Waals surface area contributed by atoms with Gasteiger partial charge in [0.2, 0.25) is 0 Å². The lowest BCUT2D eigenvalue weighted by molar-refractivity contribution is 0.750. The number of nitrogens with zero attached hydrogens (tertiary/aromatic N) is 3. The predicted octanol–water partition coefficient (Wildman–Crippen LogP) is 2.70. The minimum Gasteiger partial charge on any atom is -0.398 e. The second-order valence-corrected chi connectivity index (χ2v) is 5.34. The molecule has 1 aromatic carbocycles. The summed E-state index contributed by atoms with van der Waals surface area (Å²) in [5, 5.41) is 4.45. The molecule has 0 saturated heterocycles. The number of nitrogens with two attached hydrogens (primary N) is 1. The minimum absolute atomic E-state index is 0.562. The molecule has 2 N–H and O–H groups in total. The number of aryl methyl sites for hydroxylation is 1. The van der Waals surface area contributed by atoms with Crippen molar-refractivity contribution in [1.82, 2.24) is 14.8 Å². The predicted molar refractivity (Wildman–Crippen MR) is 70.5 cm³/mol. The fourth-order valence-corrected chi connectivity index (χ4v) is 2.27. The Morgan fingerprint density at radius 2 is 2.18 bits per heavy atom. The van der Waals surface area contributed by atoms with Crippen molar-refractivity contribution >= 4 is 21.6 Å². The molecule has 0 radical (unpaired) electrons. The van der Waals surface area contributed by atoms with Crippen LogP contribution in [-0.2, 0) is 7.05 Å². The number of hydrogen-bond acceptors (Lipinski definition) is 3. The number of benzene rings is 1. The monoisotopic (exact) mass is 292 g/mol. The van der Waals surface area contributed by atoms with Crippen LogP contribution in [0.3, 0.4) is 0 Å². The van der Waals surface area contributed by atoms with Crippen molar-refractivity contribution in [2.75, 3.05) is 5.73 Å². The molecule has 1 aliphatic rings. The maximum Gasteiger partial charge on any atom is 0.160 e. The van der Waals surface area contributed by atoms with Crippen LogP contribution in [0.15, 0.2) is 22.7 Å². The van der Waals surface area contributed by atoms with E-state index in [1.165, 1.54) is 12.8 Å². The van der Waals surface area contributed by atoms with Gasteiger partial charge in [0.1, 0.15) is 0 Å². The third kappa shape index (κ3) is 1.95. The number of rotatable bonds is 2. The van der Waals surface area contributed by atoms with Gasteiger partial charge in [-0.2, -0.15) is 5.10 Å². The van der Waals surface area contributed by atoms with Crippen LogP contribution in [0.25, 0.3) is 11.4 Å². The molecule has 88 valence electrons. The SMILES string of the molecule is Cn1nc(C2CC2)nc1-c1ccc(Br)cc1N. The third-order valence-corrected chi connectivity index (χ3v) is 3.47. The molecule has 1 aliphatic carbocycles. The van der Waals surface area contributed by atoms with Gasteiger partial charge in [-0.25, -0.2) is 9.67 Å². The highest BCUT2D eigenvalue weighted by Gasteiger charge is 2.28. The van der Waals surface area contributed by atoms with Crippen LogP contribution in [-0.4, -0.2) is 14.8 Å². The highest BCUT2D eigenvalue weighted by molar-refractivity contribution is 9.10. The minimum atomic E-state index is 0.562. The molecule has 0 amide bonds. The summed E-state index contributed by atoms with van der Waals surface area (Å²) in [4.78, 5) is 4.59. The summed E-state index contributed by atoms with van der Waals surface area (Å²) in [5.74, 6) is 2.35. The van der Waals surface area contributed by atoms with Crippen molar-refractivity contribution in [2.24, 2.45) is 7.05 Å². The van der Waals surface area contributed by atoms with Crippen LogP contribution in [0.4, 0.5) is 5.69 Å². The molecule has 0 bridgehead atoms. The third-order valence-electron chi connectivity index (χ3n) is 2.98. The molecule has 0 atom stereocenters. The standard InChI is InChI=1S/C12H13BrN4/c1-17-12(15-11(16-17)7-2-3-7)9-5-4-8(13)6-10(9)14/h4-7H,2-3,14H2,1H3. The molecule has 0 aliphatic heterocycles. The zero-order valence-corrected chi connectivity index (χ0v) is 11.1. The quantitative estimate of drug-likeness (QED) is 0.866. The normalized spacial score (nSPS) is 15.2. The lowest BCUT2D eigenvalue weighted by atomic mass is 10.2. The first-order chi connectivity index (χ1) is 8.15. The molecule has 5 heteroatoms. The van der Waals surface area contributed by atoms with Gasteiger partial charge in [0.05, 0.1) is 0 Å². The molecule has 1 fully saturated rings. The molecule has 3 rings (SSSR count). The molecule has 1 saturated carbocycles. The van der Waals surface area contributed by atoms with Gasteiger partial charge in [-0.3, -0.25) is 0 Å². The van der Waals surface area contributed by atoms with Crippen molar-refractivity contribution in [2.45, 2.75) is 18.8 Å². The van der Waals surface area contributed by atoms with E-state index >= 15 is 0 Å². The van der Waals surface area contributed by atoms with E-state index in [2.05, 4.69) is 26.0 Å². The summed E-state index contributed by atoms with van der Waals surface area (Å²) in [6.45, 7) is 0. The van der Waals surface area contributed by atoms with E-state index in [-0.39, 0.29) is 0 Å². The molecule has 1 heterocycles. The zero-order valence-electron chi connectivity index (χ0n) is 9.52. The van der Waals surface area contributed by atoms with Gasteiger partial charge in [0.15, 0.2) is 11.6 Å². The molecule has 17 heavy (non-hydrogen) atoms. The lowest BCUT2D eigenvalue weighted by Crippen LogP contribution is -1.98. The Balaban J connectivity index is 2.07. The van der Waals surface area contributed by atoms with Gasteiger partial charge in [-0.05, 0) is 31.0 Å². The summed E-state index contributed by atoms with van der Waals surface area (Å²) in [6, 6.07) is 5.83. The Labute approximate surface area is 108 Å². The number of halogens is 1. The number of anilines is 1. The fraction of sp³-hybridized carbons (Fsp3) is 0.333. The molecule has 4 nitrogen and oxygen atoms in total.